The number of amides is 2. The summed E-state index contributed by atoms with van der Waals surface area (Å²) in [5.41, 5.74) is 1.58. The van der Waals surface area contributed by atoms with Crippen molar-refractivity contribution in [2.24, 2.45) is 0 Å². The fourth-order valence-corrected chi connectivity index (χ4v) is 3.98. The van der Waals surface area contributed by atoms with E-state index >= 15 is 0 Å². The lowest BCUT2D eigenvalue weighted by molar-refractivity contribution is -0.123. The first-order chi connectivity index (χ1) is 13.0. The molecule has 27 heavy (non-hydrogen) atoms. The highest BCUT2D eigenvalue weighted by Crippen LogP contribution is 2.37. The zero-order chi connectivity index (χ0) is 19.4. The van der Waals surface area contributed by atoms with Gasteiger partial charge in [-0.2, -0.15) is 0 Å². The summed E-state index contributed by atoms with van der Waals surface area (Å²) in [6, 6.07) is 13.0. The van der Waals surface area contributed by atoms with Gasteiger partial charge < -0.3 is 9.47 Å². The second-order valence-corrected chi connectivity index (χ2v) is 7.62. The van der Waals surface area contributed by atoms with E-state index in [1.807, 2.05) is 43.3 Å². The smallest absolute Gasteiger partial charge is 0.293 e. The number of hydrogen-bond acceptors (Lipinski definition) is 5. The second-order valence-electron chi connectivity index (χ2n) is 5.71. The summed E-state index contributed by atoms with van der Waals surface area (Å²) in [7, 11) is 1.56. The van der Waals surface area contributed by atoms with Crippen molar-refractivity contribution >= 4 is 44.9 Å². The minimum absolute atomic E-state index is 0.234. The Labute approximate surface area is 170 Å². The van der Waals surface area contributed by atoms with E-state index in [2.05, 4.69) is 15.9 Å². The zero-order valence-corrected chi connectivity index (χ0v) is 17.3. The van der Waals surface area contributed by atoms with E-state index in [1.165, 1.54) is 4.90 Å². The van der Waals surface area contributed by atoms with Crippen LogP contribution in [0.4, 0.5) is 4.79 Å². The molecule has 2 amide bonds. The molecule has 7 heteroatoms. The lowest BCUT2D eigenvalue weighted by atomic mass is 10.1. The van der Waals surface area contributed by atoms with E-state index in [4.69, 9.17) is 9.47 Å². The maximum Gasteiger partial charge on any atom is 0.293 e. The van der Waals surface area contributed by atoms with Crippen LogP contribution in [0.15, 0.2) is 51.8 Å². The molecule has 140 valence electrons. The van der Waals surface area contributed by atoms with Gasteiger partial charge in [0.1, 0.15) is 0 Å². The molecule has 1 saturated heterocycles. The number of rotatable bonds is 6. The van der Waals surface area contributed by atoms with Crippen LogP contribution in [0.5, 0.6) is 11.5 Å². The Kier molecular flexibility index (Phi) is 6.23. The Balaban J connectivity index is 1.88. The molecule has 0 saturated carbocycles. The van der Waals surface area contributed by atoms with E-state index in [0.717, 1.165) is 21.8 Å². The van der Waals surface area contributed by atoms with Crippen LogP contribution in [0.2, 0.25) is 0 Å². The first kappa shape index (κ1) is 19.5. The normalized spacial score (nSPS) is 15.5. The lowest BCUT2D eigenvalue weighted by Crippen LogP contribution is -2.27. The minimum Gasteiger partial charge on any atom is -0.493 e. The number of nitrogens with zero attached hydrogens (tertiary/aromatic N) is 1. The van der Waals surface area contributed by atoms with Gasteiger partial charge in [0, 0.05) is 10.0 Å². The number of benzene rings is 2. The molecule has 1 aliphatic heterocycles. The van der Waals surface area contributed by atoms with Crippen LogP contribution in [-0.2, 0) is 11.3 Å². The van der Waals surface area contributed by atoms with Crippen molar-refractivity contribution < 1.29 is 19.1 Å². The Morgan fingerprint density at radius 3 is 2.67 bits per heavy atom. The number of para-hydroxylation sites is 1. The average molecular weight is 448 g/mol. The number of imide groups is 1. The van der Waals surface area contributed by atoms with Crippen molar-refractivity contribution in [3.63, 3.8) is 0 Å². The van der Waals surface area contributed by atoms with E-state index in [0.29, 0.717) is 28.6 Å². The maximum absolute atomic E-state index is 12.8. The van der Waals surface area contributed by atoms with Gasteiger partial charge in [0.2, 0.25) is 0 Å². The van der Waals surface area contributed by atoms with Gasteiger partial charge in [-0.15, -0.1) is 0 Å². The summed E-state index contributed by atoms with van der Waals surface area (Å²) in [5, 5.41) is -0.285. The summed E-state index contributed by atoms with van der Waals surface area (Å²) in [6.45, 7) is 2.57. The van der Waals surface area contributed by atoms with Crippen molar-refractivity contribution in [1.29, 1.82) is 0 Å². The Hall–Kier alpha value is -2.25. The van der Waals surface area contributed by atoms with Gasteiger partial charge in [0.05, 0.1) is 25.2 Å². The van der Waals surface area contributed by atoms with Gasteiger partial charge in [0.15, 0.2) is 11.5 Å². The number of thioether (sulfide) groups is 1. The van der Waals surface area contributed by atoms with Gasteiger partial charge >= 0.3 is 0 Å². The molecule has 0 aliphatic carbocycles. The molecule has 0 N–H and O–H groups in total. The summed E-state index contributed by atoms with van der Waals surface area (Å²) >= 11 is 4.33. The molecule has 0 unspecified atom stereocenters. The van der Waals surface area contributed by atoms with Crippen molar-refractivity contribution in [3.05, 3.63) is 63.0 Å². The van der Waals surface area contributed by atoms with Gasteiger partial charge in [-0.05, 0) is 48.5 Å². The van der Waals surface area contributed by atoms with E-state index in [9.17, 15) is 9.59 Å². The summed E-state index contributed by atoms with van der Waals surface area (Å²) < 4.78 is 11.9. The third kappa shape index (κ3) is 4.36. The van der Waals surface area contributed by atoms with Crippen LogP contribution in [0.3, 0.4) is 0 Å². The fraction of sp³-hybridized carbons (Fsp3) is 0.200. The SMILES string of the molecule is CCOc1c(/C=C2/SC(=O)N(Cc3cccc(Br)c3)C2=O)cccc1OC. The van der Waals surface area contributed by atoms with Crippen molar-refractivity contribution in [2.45, 2.75) is 13.5 Å². The average Bonchev–Trinajstić information content (AvgIpc) is 2.91. The number of carbonyl (C=O) groups excluding carboxylic acids is 2. The second kappa shape index (κ2) is 8.63. The third-order valence-electron chi connectivity index (χ3n) is 3.91. The van der Waals surface area contributed by atoms with Crippen molar-refractivity contribution in [2.75, 3.05) is 13.7 Å². The molecule has 5 nitrogen and oxygen atoms in total. The van der Waals surface area contributed by atoms with Crippen LogP contribution in [0, 0.1) is 0 Å². The van der Waals surface area contributed by atoms with E-state index in [-0.39, 0.29) is 17.7 Å². The standard InChI is InChI=1S/C20H18BrNO4S/c1-3-26-18-14(7-5-9-16(18)25-2)11-17-19(23)22(20(24)27-17)12-13-6-4-8-15(21)10-13/h4-11H,3,12H2,1-2H3/b17-11+. The largest absolute Gasteiger partial charge is 0.493 e. The highest BCUT2D eigenvalue weighted by molar-refractivity contribution is 9.10. The molecule has 0 bridgehead atoms. The van der Waals surface area contributed by atoms with Crippen molar-refractivity contribution in [3.8, 4) is 11.5 Å². The van der Waals surface area contributed by atoms with Crippen LogP contribution in [0.1, 0.15) is 18.1 Å². The lowest BCUT2D eigenvalue weighted by Gasteiger charge is -2.13. The number of methoxy groups -OCH3 is 1. The Morgan fingerprint density at radius 1 is 1.19 bits per heavy atom. The molecule has 3 rings (SSSR count). The molecular weight excluding hydrogens is 430 g/mol. The third-order valence-corrected chi connectivity index (χ3v) is 5.31. The first-order valence-corrected chi connectivity index (χ1v) is 9.94. The first-order valence-electron chi connectivity index (χ1n) is 8.33. The van der Waals surface area contributed by atoms with Crippen LogP contribution < -0.4 is 9.47 Å². The number of halogens is 1. The van der Waals surface area contributed by atoms with E-state index in [1.54, 1.807) is 19.3 Å². The van der Waals surface area contributed by atoms with Crippen LogP contribution in [0.25, 0.3) is 6.08 Å². The van der Waals surface area contributed by atoms with Crippen molar-refractivity contribution in [1.82, 2.24) is 4.90 Å². The molecule has 0 atom stereocenters. The minimum atomic E-state index is -0.310. The molecule has 0 spiro atoms. The molecule has 0 aromatic heterocycles. The number of ether oxygens (including phenoxy) is 2. The fourth-order valence-electron chi connectivity index (χ4n) is 2.70. The van der Waals surface area contributed by atoms with Gasteiger partial charge in [-0.1, -0.05) is 40.2 Å². The molecule has 2 aromatic rings. The van der Waals surface area contributed by atoms with Gasteiger partial charge in [-0.25, -0.2) is 0 Å². The Morgan fingerprint density at radius 2 is 1.96 bits per heavy atom. The van der Waals surface area contributed by atoms with Crippen LogP contribution >= 0.6 is 27.7 Å². The Bertz CT molecular complexity index is 913. The summed E-state index contributed by atoms with van der Waals surface area (Å²) in [5.74, 6) is 0.829. The van der Waals surface area contributed by atoms with E-state index < -0.39 is 0 Å². The zero-order valence-electron chi connectivity index (χ0n) is 14.9. The quantitative estimate of drug-likeness (QED) is 0.576. The summed E-state index contributed by atoms with van der Waals surface area (Å²) in [4.78, 5) is 26.7. The van der Waals surface area contributed by atoms with Gasteiger partial charge in [0.25, 0.3) is 11.1 Å². The highest BCUT2D eigenvalue weighted by Gasteiger charge is 2.35. The topological polar surface area (TPSA) is 55.8 Å². The predicted molar refractivity (Wildman–Crippen MR) is 110 cm³/mol. The molecular formula is C20H18BrNO4S. The maximum atomic E-state index is 12.8. The molecule has 1 heterocycles. The van der Waals surface area contributed by atoms with Gasteiger partial charge in [-0.3, -0.25) is 14.5 Å². The predicted octanol–water partition coefficient (Wildman–Crippen LogP) is 5.09. The molecule has 1 aliphatic rings. The monoisotopic (exact) mass is 447 g/mol. The number of hydrogen-bond donors (Lipinski definition) is 0. The molecule has 2 aromatic carbocycles. The molecule has 0 radical (unpaired) electrons. The molecule has 1 fully saturated rings. The highest BCUT2D eigenvalue weighted by atomic mass is 79.9. The number of carbonyl (C=O) groups is 2. The van der Waals surface area contributed by atoms with Crippen LogP contribution in [-0.4, -0.2) is 29.8 Å². The summed E-state index contributed by atoms with van der Waals surface area (Å²) in [6.07, 6.45) is 1.68.